The quantitative estimate of drug-likeness (QED) is 0.0281. The number of likely N-dealkylation sites (N-methyl/N-ethyl adjacent to an activating group) is 1. The van der Waals surface area contributed by atoms with Crippen molar-refractivity contribution in [2.24, 2.45) is 0 Å². The van der Waals surface area contributed by atoms with Crippen molar-refractivity contribution in [1.29, 1.82) is 0 Å². The molecule has 2 N–H and O–H groups in total. The van der Waals surface area contributed by atoms with Crippen LogP contribution in [0.3, 0.4) is 0 Å². The van der Waals surface area contributed by atoms with E-state index in [2.05, 4.69) is 43.5 Å². The molecule has 0 saturated heterocycles. The Labute approximate surface area is 321 Å². The third kappa shape index (κ3) is 37.1. The zero-order valence-electron chi connectivity index (χ0n) is 34.5. The Kier molecular flexibility index (Phi) is 34.6. The number of aliphatic hydroxyl groups is 1. The molecule has 0 aliphatic carbocycles. The Morgan fingerprint density at radius 2 is 1.08 bits per heavy atom. The number of carbonyl (C=O) groups excluding carboxylic acids is 1. The van der Waals surface area contributed by atoms with Crippen LogP contribution in [0.2, 0.25) is 0 Å². The topological polar surface area (TPSA) is 108 Å². The molecule has 9 heteroatoms. The maximum atomic E-state index is 12.8. The van der Waals surface area contributed by atoms with E-state index in [4.69, 9.17) is 9.05 Å². The zero-order chi connectivity index (χ0) is 38.6. The standard InChI is InChI=1S/C43H83N2O6P/c1-6-8-10-12-14-16-18-20-21-22-23-25-26-28-30-32-34-36-42(46)41(40-51-52(48,49)50-39-38-45(3,4)5)44-43(47)37-35-33-31-29-27-24-19-17-15-13-11-9-7-2/h24,26-28,34,36,41-42,46H,6-23,25,29-33,35,37-40H2,1-5H3,(H-,44,47,48,49)/b27-24-,28-26+,36-34+. The van der Waals surface area contributed by atoms with Gasteiger partial charge in [0.05, 0.1) is 39.9 Å². The minimum Gasteiger partial charge on any atom is -0.756 e. The maximum Gasteiger partial charge on any atom is 0.268 e. The van der Waals surface area contributed by atoms with Crippen LogP contribution in [-0.4, -0.2) is 68.5 Å². The van der Waals surface area contributed by atoms with Gasteiger partial charge in [0, 0.05) is 6.42 Å². The number of quaternary nitrogens is 1. The van der Waals surface area contributed by atoms with Crippen molar-refractivity contribution in [2.75, 3.05) is 40.9 Å². The predicted molar refractivity (Wildman–Crippen MR) is 219 cm³/mol. The number of phosphoric acid groups is 1. The monoisotopic (exact) mass is 755 g/mol. The highest BCUT2D eigenvalue weighted by molar-refractivity contribution is 7.45. The minimum absolute atomic E-state index is 0.00916. The van der Waals surface area contributed by atoms with Gasteiger partial charge in [-0.25, -0.2) is 0 Å². The van der Waals surface area contributed by atoms with Crippen molar-refractivity contribution < 1.29 is 32.9 Å². The highest BCUT2D eigenvalue weighted by Gasteiger charge is 2.23. The number of nitrogens with zero attached hydrogens (tertiary/aromatic N) is 1. The summed E-state index contributed by atoms with van der Waals surface area (Å²) in [5.41, 5.74) is 0. The highest BCUT2D eigenvalue weighted by Crippen LogP contribution is 2.38. The number of aliphatic hydroxyl groups excluding tert-OH is 1. The molecule has 0 spiro atoms. The van der Waals surface area contributed by atoms with Crippen LogP contribution < -0.4 is 10.2 Å². The molecule has 52 heavy (non-hydrogen) atoms. The second-order valence-electron chi connectivity index (χ2n) is 15.7. The van der Waals surface area contributed by atoms with E-state index in [0.29, 0.717) is 17.4 Å². The molecule has 0 aliphatic heterocycles. The van der Waals surface area contributed by atoms with Gasteiger partial charge >= 0.3 is 0 Å². The maximum absolute atomic E-state index is 12.8. The number of nitrogens with one attached hydrogen (secondary N) is 1. The number of allylic oxidation sites excluding steroid dienone is 5. The smallest absolute Gasteiger partial charge is 0.268 e. The van der Waals surface area contributed by atoms with Crippen molar-refractivity contribution in [3.8, 4) is 0 Å². The lowest BCUT2D eigenvalue weighted by Gasteiger charge is -2.29. The SMILES string of the molecule is CCCCCCCC/C=C\CCCCCC(=O)NC(COP(=O)([O-])OCC[N+](C)(C)C)C(O)/C=C/CC/C=C/CCCCCCCCCCCCC. The molecule has 3 unspecified atom stereocenters. The molecular formula is C43H83N2O6P. The van der Waals surface area contributed by atoms with Crippen LogP contribution in [0.15, 0.2) is 36.5 Å². The van der Waals surface area contributed by atoms with Crippen molar-refractivity contribution in [1.82, 2.24) is 5.32 Å². The van der Waals surface area contributed by atoms with E-state index >= 15 is 0 Å². The van der Waals surface area contributed by atoms with E-state index in [-0.39, 0.29) is 12.5 Å². The van der Waals surface area contributed by atoms with E-state index in [0.717, 1.165) is 51.4 Å². The molecule has 0 radical (unpaired) electrons. The van der Waals surface area contributed by atoms with Gasteiger partial charge in [0.25, 0.3) is 7.82 Å². The minimum atomic E-state index is -4.59. The number of amides is 1. The molecule has 0 aromatic heterocycles. The van der Waals surface area contributed by atoms with Crippen LogP contribution >= 0.6 is 7.82 Å². The van der Waals surface area contributed by atoms with Gasteiger partial charge < -0.3 is 28.8 Å². The van der Waals surface area contributed by atoms with E-state index in [1.807, 2.05) is 27.2 Å². The summed E-state index contributed by atoms with van der Waals surface area (Å²) < 4.78 is 23.1. The summed E-state index contributed by atoms with van der Waals surface area (Å²) in [6.45, 7) is 4.59. The molecule has 0 aliphatic rings. The Bertz CT molecular complexity index is 948. The van der Waals surface area contributed by atoms with Gasteiger partial charge in [0.1, 0.15) is 13.2 Å². The molecule has 8 nitrogen and oxygen atoms in total. The first-order valence-electron chi connectivity index (χ1n) is 21.4. The van der Waals surface area contributed by atoms with Crippen molar-refractivity contribution >= 4 is 13.7 Å². The third-order valence-corrected chi connectivity index (χ3v) is 10.3. The number of rotatable bonds is 38. The Morgan fingerprint density at radius 3 is 1.56 bits per heavy atom. The van der Waals surface area contributed by atoms with Gasteiger partial charge in [0.15, 0.2) is 0 Å². The first-order valence-corrected chi connectivity index (χ1v) is 22.8. The number of hydrogen-bond donors (Lipinski definition) is 2. The van der Waals surface area contributed by atoms with Crippen LogP contribution in [0.5, 0.6) is 0 Å². The van der Waals surface area contributed by atoms with Crippen LogP contribution in [0.4, 0.5) is 0 Å². The fourth-order valence-electron chi connectivity index (χ4n) is 5.87. The molecular weight excluding hydrogens is 671 g/mol. The summed E-state index contributed by atoms with van der Waals surface area (Å²) in [5.74, 6) is -0.225. The molecule has 0 fully saturated rings. The van der Waals surface area contributed by atoms with Gasteiger partial charge in [-0.1, -0.05) is 153 Å². The Balaban J connectivity index is 4.54. The molecule has 0 heterocycles. The first-order chi connectivity index (χ1) is 25.0. The van der Waals surface area contributed by atoms with E-state index in [1.165, 1.54) is 109 Å². The van der Waals surface area contributed by atoms with Crippen molar-refractivity contribution in [3.63, 3.8) is 0 Å². The van der Waals surface area contributed by atoms with Crippen LogP contribution in [-0.2, 0) is 18.4 Å². The molecule has 0 saturated carbocycles. The molecule has 0 aromatic rings. The highest BCUT2D eigenvalue weighted by atomic mass is 31.2. The van der Waals surface area contributed by atoms with Gasteiger partial charge in [-0.05, 0) is 57.8 Å². The average molecular weight is 755 g/mol. The van der Waals surface area contributed by atoms with Gasteiger partial charge in [-0.2, -0.15) is 0 Å². The zero-order valence-corrected chi connectivity index (χ0v) is 35.4. The van der Waals surface area contributed by atoms with Crippen molar-refractivity contribution in [3.05, 3.63) is 36.5 Å². The van der Waals surface area contributed by atoms with Gasteiger partial charge in [0.2, 0.25) is 5.91 Å². The Hall–Kier alpha value is -1.28. The lowest BCUT2D eigenvalue weighted by atomic mass is 10.1. The largest absolute Gasteiger partial charge is 0.756 e. The number of phosphoric ester groups is 1. The summed E-state index contributed by atoms with van der Waals surface area (Å²) in [4.78, 5) is 25.2. The summed E-state index contributed by atoms with van der Waals surface area (Å²) in [6, 6.07) is -0.908. The molecule has 0 aromatic carbocycles. The molecule has 3 atom stereocenters. The summed E-state index contributed by atoms with van der Waals surface area (Å²) in [6.07, 6.45) is 41.9. The Morgan fingerprint density at radius 1 is 0.654 bits per heavy atom. The number of carbonyl (C=O) groups is 1. The van der Waals surface area contributed by atoms with Crippen molar-refractivity contribution in [2.45, 2.75) is 193 Å². The van der Waals surface area contributed by atoms with E-state index in [1.54, 1.807) is 6.08 Å². The van der Waals surface area contributed by atoms with Gasteiger partial charge in [-0.15, -0.1) is 0 Å². The molecule has 306 valence electrons. The summed E-state index contributed by atoms with van der Waals surface area (Å²) >= 11 is 0. The summed E-state index contributed by atoms with van der Waals surface area (Å²) in [7, 11) is 1.23. The normalized spacial score (nSPS) is 14.8. The van der Waals surface area contributed by atoms with Gasteiger partial charge in [-0.3, -0.25) is 9.36 Å². The van der Waals surface area contributed by atoms with Crippen LogP contribution in [0.25, 0.3) is 0 Å². The fourth-order valence-corrected chi connectivity index (χ4v) is 6.59. The first kappa shape index (κ1) is 50.7. The average Bonchev–Trinajstić information content (AvgIpc) is 3.09. The second-order valence-corrected chi connectivity index (χ2v) is 17.1. The fraction of sp³-hybridized carbons (Fsp3) is 0.837. The summed E-state index contributed by atoms with van der Waals surface area (Å²) in [5, 5.41) is 13.7. The van der Waals surface area contributed by atoms with E-state index in [9.17, 15) is 19.4 Å². The number of hydrogen-bond acceptors (Lipinski definition) is 6. The van der Waals surface area contributed by atoms with Crippen LogP contribution in [0, 0.1) is 0 Å². The molecule has 0 rings (SSSR count). The van der Waals surface area contributed by atoms with Crippen LogP contribution in [0.1, 0.15) is 181 Å². The second kappa shape index (κ2) is 35.4. The predicted octanol–water partition coefficient (Wildman–Crippen LogP) is 10.9. The lowest BCUT2D eigenvalue weighted by Crippen LogP contribution is -2.45. The molecule has 1 amide bonds. The molecule has 0 bridgehead atoms. The third-order valence-electron chi connectivity index (χ3n) is 9.32. The van der Waals surface area contributed by atoms with E-state index < -0.39 is 26.6 Å². The lowest BCUT2D eigenvalue weighted by molar-refractivity contribution is -0.870. The number of unbranched alkanes of at least 4 members (excludes halogenated alkanes) is 21.